The Morgan fingerprint density at radius 1 is 1.17 bits per heavy atom. The quantitative estimate of drug-likeness (QED) is 0.752. The molecule has 3 rings (SSSR count). The first-order valence-corrected chi connectivity index (χ1v) is 10.7. The second kappa shape index (κ2) is 8.22. The van der Waals surface area contributed by atoms with Gasteiger partial charge in [-0.3, -0.25) is 9.59 Å². The number of sulfonamides is 1. The van der Waals surface area contributed by atoms with Crippen LogP contribution in [0.3, 0.4) is 0 Å². The highest BCUT2D eigenvalue weighted by Crippen LogP contribution is 2.32. The molecule has 0 aliphatic carbocycles. The van der Waals surface area contributed by atoms with Gasteiger partial charge in [-0.05, 0) is 43.3 Å². The van der Waals surface area contributed by atoms with E-state index in [1.807, 2.05) is 0 Å². The second-order valence-electron chi connectivity index (χ2n) is 6.53. The molecule has 29 heavy (non-hydrogen) atoms. The zero-order valence-corrected chi connectivity index (χ0v) is 17.2. The van der Waals surface area contributed by atoms with E-state index >= 15 is 0 Å². The van der Waals surface area contributed by atoms with Crippen LogP contribution >= 0.6 is 0 Å². The Hall–Kier alpha value is -2.91. The van der Waals surface area contributed by atoms with E-state index in [0.29, 0.717) is 30.2 Å². The molecule has 2 amide bonds. The van der Waals surface area contributed by atoms with Gasteiger partial charge in [-0.15, -0.1) is 0 Å². The number of carbonyl (C=O) groups excluding carboxylic acids is 2. The molecule has 0 bridgehead atoms. The number of hydrogen-bond acceptors (Lipinski definition) is 5. The summed E-state index contributed by atoms with van der Waals surface area (Å²) in [5.74, 6) is -0.212. The molecule has 1 unspecified atom stereocenters. The Labute approximate surface area is 169 Å². The van der Waals surface area contributed by atoms with Gasteiger partial charge < -0.3 is 15.4 Å². The van der Waals surface area contributed by atoms with E-state index in [4.69, 9.17) is 4.74 Å². The zero-order chi connectivity index (χ0) is 21.2. The third-order valence-corrected chi connectivity index (χ3v) is 6.65. The Morgan fingerprint density at radius 2 is 1.90 bits per heavy atom. The monoisotopic (exact) mass is 417 g/mol. The van der Waals surface area contributed by atoms with Crippen molar-refractivity contribution in [3.8, 4) is 5.75 Å². The number of anilines is 2. The fraction of sp³-hybridized carbons (Fsp3) is 0.300. The lowest BCUT2D eigenvalue weighted by atomic mass is 10.2. The molecule has 9 heteroatoms. The molecule has 0 aromatic heterocycles. The van der Waals surface area contributed by atoms with Gasteiger partial charge in [0.25, 0.3) is 11.8 Å². The number of amides is 2. The van der Waals surface area contributed by atoms with Crippen LogP contribution in [0.2, 0.25) is 0 Å². The molecule has 1 atom stereocenters. The maximum absolute atomic E-state index is 12.7. The van der Waals surface area contributed by atoms with Crippen LogP contribution in [-0.2, 0) is 14.8 Å². The molecule has 2 aromatic rings. The molecule has 0 fully saturated rings. The van der Waals surface area contributed by atoms with Gasteiger partial charge in [0.1, 0.15) is 5.75 Å². The van der Waals surface area contributed by atoms with Crippen molar-refractivity contribution in [1.82, 2.24) is 4.31 Å². The van der Waals surface area contributed by atoms with Crippen LogP contribution < -0.4 is 15.4 Å². The number of nitrogens with one attached hydrogen (secondary N) is 2. The molecule has 154 valence electrons. The predicted molar refractivity (Wildman–Crippen MR) is 110 cm³/mol. The molecule has 1 aliphatic rings. The summed E-state index contributed by atoms with van der Waals surface area (Å²) in [7, 11) is -3.66. The summed E-state index contributed by atoms with van der Waals surface area (Å²) in [6.45, 7) is 5.86. The van der Waals surface area contributed by atoms with Crippen molar-refractivity contribution in [3.63, 3.8) is 0 Å². The van der Waals surface area contributed by atoms with Crippen LogP contribution in [0.1, 0.15) is 31.1 Å². The fourth-order valence-electron chi connectivity index (χ4n) is 3.00. The van der Waals surface area contributed by atoms with Crippen molar-refractivity contribution < 1.29 is 22.7 Å². The average molecular weight is 417 g/mol. The highest BCUT2D eigenvalue weighted by Gasteiger charge is 2.24. The van der Waals surface area contributed by atoms with Gasteiger partial charge in [-0.25, -0.2) is 8.42 Å². The van der Waals surface area contributed by atoms with Gasteiger partial charge >= 0.3 is 0 Å². The van der Waals surface area contributed by atoms with Gasteiger partial charge in [0.15, 0.2) is 6.10 Å². The second-order valence-corrected chi connectivity index (χ2v) is 8.47. The van der Waals surface area contributed by atoms with Gasteiger partial charge in [0.2, 0.25) is 10.0 Å². The first kappa shape index (κ1) is 20.8. The van der Waals surface area contributed by atoms with Crippen LogP contribution in [0.25, 0.3) is 0 Å². The Kier molecular flexibility index (Phi) is 5.90. The largest absolute Gasteiger partial charge is 0.479 e. The minimum absolute atomic E-state index is 0.0638. The molecule has 0 saturated heterocycles. The number of carbonyl (C=O) groups is 2. The van der Waals surface area contributed by atoms with E-state index in [-0.39, 0.29) is 16.4 Å². The molecule has 0 radical (unpaired) electrons. The maximum atomic E-state index is 12.7. The first-order chi connectivity index (χ1) is 13.8. The maximum Gasteiger partial charge on any atom is 0.265 e. The van der Waals surface area contributed by atoms with Crippen molar-refractivity contribution in [2.45, 2.75) is 31.8 Å². The Bertz CT molecular complexity index is 1050. The van der Waals surface area contributed by atoms with Crippen LogP contribution in [0.4, 0.5) is 11.4 Å². The van der Waals surface area contributed by atoms with E-state index < -0.39 is 22.0 Å². The minimum Gasteiger partial charge on any atom is -0.479 e. The molecule has 1 heterocycles. The van der Waals surface area contributed by atoms with E-state index in [9.17, 15) is 18.0 Å². The number of nitrogens with zero attached hydrogens (tertiary/aromatic N) is 1. The van der Waals surface area contributed by atoms with E-state index in [2.05, 4.69) is 10.6 Å². The minimum atomic E-state index is -3.66. The lowest BCUT2D eigenvalue weighted by Crippen LogP contribution is -2.34. The third-order valence-electron chi connectivity index (χ3n) is 4.61. The molecule has 1 aliphatic heterocycles. The summed E-state index contributed by atoms with van der Waals surface area (Å²) in [5.41, 5.74) is 1.12. The number of benzene rings is 2. The Balaban J connectivity index is 1.82. The summed E-state index contributed by atoms with van der Waals surface area (Å²) in [5, 5.41) is 5.43. The highest BCUT2D eigenvalue weighted by molar-refractivity contribution is 7.89. The van der Waals surface area contributed by atoms with Crippen LogP contribution in [-0.4, -0.2) is 43.7 Å². The SMILES string of the molecule is CCN(CC)S(=O)(=O)c1cccc(C(=O)Nc2ccc3c(c2)NC(=O)C(C)O3)c1. The topological polar surface area (TPSA) is 105 Å². The Morgan fingerprint density at radius 3 is 2.59 bits per heavy atom. The summed E-state index contributed by atoms with van der Waals surface area (Å²) in [4.78, 5) is 24.5. The first-order valence-electron chi connectivity index (χ1n) is 9.29. The molecular formula is C20H23N3O5S. The highest BCUT2D eigenvalue weighted by atomic mass is 32.2. The van der Waals surface area contributed by atoms with E-state index in [1.165, 1.54) is 22.5 Å². The van der Waals surface area contributed by atoms with Crippen LogP contribution in [0.5, 0.6) is 5.75 Å². The van der Waals surface area contributed by atoms with Crippen molar-refractivity contribution in [1.29, 1.82) is 0 Å². The van der Waals surface area contributed by atoms with Gasteiger partial charge in [0, 0.05) is 24.3 Å². The number of rotatable bonds is 6. The summed E-state index contributed by atoms with van der Waals surface area (Å²) < 4.78 is 32.2. The summed E-state index contributed by atoms with van der Waals surface area (Å²) in [6.07, 6.45) is -0.585. The molecule has 8 nitrogen and oxygen atoms in total. The number of ether oxygens (including phenoxy) is 1. The summed E-state index contributed by atoms with van der Waals surface area (Å²) >= 11 is 0. The number of hydrogen-bond donors (Lipinski definition) is 2. The lowest BCUT2D eigenvalue weighted by Gasteiger charge is -2.23. The van der Waals surface area contributed by atoms with Gasteiger partial charge in [-0.1, -0.05) is 19.9 Å². The van der Waals surface area contributed by atoms with E-state index in [1.54, 1.807) is 45.0 Å². The van der Waals surface area contributed by atoms with Crippen molar-refractivity contribution in [2.75, 3.05) is 23.7 Å². The molecular weight excluding hydrogens is 394 g/mol. The summed E-state index contributed by atoms with van der Waals surface area (Å²) in [6, 6.07) is 10.8. The lowest BCUT2D eigenvalue weighted by molar-refractivity contribution is -0.122. The zero-order valence-electron chi connectivity index (χ0n) is 16.4. The van der Waals surface area contributed by atoms with Crippen molar-refractivity contribution in [3.05, 3.63) is 48.0 Å². The normalized spacial score (nSPS) is 16.0. The van der Waals surface area contributed by atoms with Crippen molar-refractivity contribution >= 4 is 33.2 Å². The molecule has 0 saturated carbocycles. The predicted octanol–water partition coefficient (Wildman–Crippen LogP) is 2.69. The number of fused-ring (bicyclic) bond motifs is 1. The molecule has 2 aromatic carbocycles. The average Bonchev–Trinajstić information content (AvgIpc) is 2.70. The fourth-order valence-corrected chi connectivity index (χ4v) is 4.50. The van der Waals surface area contributed by atoms with Gasteiger partial charge in [0.05, 0.1) is 10.6 Å². The molecule has 0 spiro atoms. The van der Waals surface area contributed by atoms with E-state index in [0.717, 1.165) is 0 Å². The molecule has 2 N–H and O–H groups in total. The van der Waals surface area contributed by atoms with Gasteiger partial charge in [-0.2, -0.15) is 4.31 Å². The van der Waals surface area contributed by atoms with Crippen LogP contribution in [0, 0.1) is 0 Å². The van der Waals surface area contributed by atoms with Crippen molar-refractivity contribution in [2.24, 2.45) is 0 Å². The van der Waals surface area contributed by atoms with Crippen LogP contribution in [0.15, 0.2) is 47.4 Å². The third kappa shape index (κ3) is 4.25. The smallest absolute Gasteiger partial charge is 0.265 e. The standard InChI is InChI=1S/C20H23N3O5S/c1-4-23(5-2)29(26,27)16-8-6-7-14(11-16)20(25)21-15-9-10-18-17(12-15)22-19(24)13(3)28-18/h6-13H,4-5H2,1-3H3,(H,21,25)(H,22,24).